The second-order valence-electron chi connectivity index (χ2n) is 4.76. The summed E-state index contributed by atoms with van der Waals surface area (Å²) in [7, 11) is 0. The highest BCUT2D eigenvalue weighted by molar-refractivity contribution is 5.80. The summed E-state index contributed by atoms with van der Waals surface area (Å²) >= 11 is 0. The van der Waals surface area contributed by atoms with Crippen LogP contribution in [0.4, 0.5) is 4.39 Å². The van der Waals surface area contributed by atoms with Crippen LogP contribution in [0.2, 0.25) is 0 Å². The Balaban J connectivity index is 2.12. The molecule has 19 heavy (non-hydrogen) atoms. The molecule has 1 atom stereocenters. The van der Waals surface area contributed by atoms with Crippen LogP contribution in [0.5, 0.6) is 0 Å². The third-order valence-corrected chi connectivity index (χ3v) is 3.59. The van der Waals surface area contributed by atoms with Gasteiger partial charge >= 0.3 is 0 Å². The van der Waals surface area contributed by atoms with Crippen molar-refractivity contribution in [2.75, 3.05) is 0 Å². The number of rotatable bonds is 3. The van der Waals surface area contributed by atoms with Crippen molar-refractivity contribution < 1.29 is 4.39 Å². The Kier molecular flexibility index (Phi) is 3.08. The average Bonchev–Trinajstić information content (AvgIpc) is 2.84. The van der Waals surface area contributed by atoms with Gasteiger partial charge < -0.3 is 4.57 Å². The first-order valence-electron chi connectivity index (χ1n) is 6.60. The van der Waals surface area contributed by atoms with E-state index in [1.165, 1.54) is 17.0 Å². The molecule has 96 valence electrons. The quantitative estimate of drug-likeness (QED) is 0.633. The number of hydrogen-bond acceptors (Lipinski definition) is 0. The van der Waals surface area contributed by atoms with Crippen molar-refractivity contribution in [2.24, 2.45) is 0 Å². The van der Waals surface area contributed by atoms with Gasteiger partial charge in [0.1, 0.15) is 5.82 Å². The predicted molar refractivity (Wildman–Crippen MR) is 76.8 cm³/mol. The summed E-state index contributed by atoms with van der Waals surface area (Å²) < 4.78 is 15.6. The molecule has 0 aliphatic carbocycles. The van der Waals surface area contributed by atoms with Crippen molar-refractivity contribution in [1.82, 2.24) is 4.57 Å². The normalized spacial score (nSPS) is 12.7. The third-order valence-electron chi connectivity index (χ3n) is 3.59. The van der Waals surface area contributed by atoms with E-state index in [9.17, 15) is 4.39 Å². The average molecular weight is 253 g/mol. The topological polar surface area (TPSA) is 4.93 Å². The van der Waals surface area contributed by atoms with Crippen LogP contribution in [0.1, 0.15) is 24.9 Å². The Hall–Kier alpha value is -2.09. The first-order valence-corrected chi connectivity index (χ1v) is 6.60. The number of halogens is 1. The summed E-state index contributed by atoms with van der Waals surface area (Å²) in [5.74, 6) is -0.174. The van der Waals surface area contributed by atoms with Gasteiger partial charge in [0, 0.05) is 11.7 Å². The highest BCUT2D eigenvalue weighted by Gasteiger charge is 2.13. The third kappa shape index (κ3) is 2.14. The van der Waals surface area contributed by atoms with Gasteiger partial charge in [-0.15, -0.1) is 0 Å². The lowest BCUT2D eigenvalue weighted by atomic mass is 10.0. The molecule has 2 heteroatoms. The molecule has 0 amide bonds. The first-order chi connectivity index (χ1) is 9.29. The van der Waals surface area contributed by atoms with Crippen LogP contribution < -0.4 is 0 Å². The van der Waals surface area contributed by atoms with Gasteiger partial charge in [-0.1, -0.05) is 37.3 Å². The molecule has 0 saturated carbocycles. The van der Waals surface area contributed by atoms with Gasteiger partial charge in [-0.25, -0.2) is 4.39 Å². The summed E-state index contributed by atoms with van der Waals surface area (Å²) in [6.45, 7) is 2.13. The van der Waals surface area contributed by atoms with Gasteiger partial charge in [-0.3, -0.25) is 0 Å². The predicted octanol–water partition coefficient (Wildman–Crippen LogP) is 4.78. The molecule has 0 N–H and O–H groups in total. The van der Waals surface area contributed by atoms with Crippen molar-refractivity contribution in [1.29, 1.82) is 0 Å². The van der Waals surface area contributed by atoms with E-state index in [2.05, 4.69) is 35.9 Å². The molecule has 0 saturated heterocycles. The van der Waals surface area contributed by atoms with E-state index in [1.54, 1.807) is 12.1 Å². The van der Waals surface area contributed by atoms with Crippen LogP contribution in [0, 0.1) is 5.82 Å². The number of fused-ring (bicyclic) bond motifs is 1. The molecule has 0 aliphatic heterocycles. The summed E-state index contributed by atoms with van der Waals surface area (Å²) in [5, 5.41) is 1.22. The van der Waals surface area contributed by atoms with Crippen molar-refractivity contribution in [3.8, 4) is 0 Å². The zero-order valence-electron chi connectivity index (χ0n) is 10.9. The largest absolute Gasteiger partial charge is 0.340 e. The fourth-order valence-corrected chi connectivity index (χ4v) is 2.68. The molecular weight excluding hydrogens is 237 g/mol. The molecule has 3 rings (SSSR count). The Morgan fingerprint density at radius 2 is 1.89 bits per heavy atom. The molecule has 0 radical (unpaired) electrons. The molecule has 1 unspecified atom stereocenters. The van der Waals surface area contributed by atoms with Crippen molar-refractivity contribution >= 4 is 10.9 Å². The summed E-state index contributed by atoms with van der Waals surface area (Å²) in [6, 6.07) is 17.5. The van der Waals surface area contributed by atoms with Gasteiger partial charge in [-0.2, -0.15) is 0 Å². The van der Waals surface area contributed by atoms with E-state index in [0.29, 0.717) is 0 Å². The minimum atomic E-state index is -0.174. The van der Waals surface area contributed by atoms with Crippen molar-refractivity contribution in [3.05, 3.63) is 72.2 Å². The highest BCUT2D eigenvalue weighted by Crippen LogP contribution is 2.27. The van der Waals surface area contributed by atoms with Gasteiger partial charge in [0.05, 0.1) is 6.04 Å². The molecule has 0 aliphatic rings. The molecular formula is C17H16FN. The van der Waals surface area contributed by atoms with Crippen LogP contribution in [-0.4, -0.2) is 4.57 Å². The van der Waals surface area contributed by atoms with E-state index >= 15 is 0 Å². The number of nitrogens with zero attached hydrogens (tertiary/aromatic N) is 1. The maximum Gasteiger partial charge on any atom is 0.123 e. The Bertz CT molecular complexity index is 699. The monoisotopic (exact) mass is 253 g/mol. The SMILES string of the molecule is CCC(c1cccc(F)c1)n1ccc2ccccc21. The summed E-state index contributed by atoms with van der Waals surface area (Å²) in [5.41, 5.74) is 2.21. The van der Waals surface area contributed by atoms with E-state index in [-0.39, 0.29) is 11.9 Å². The molecule has 0 fully saturated rings. The molecule has 1 nitrogen and oxygen atoms in total. The lowest BCUT2D eigenvalue weighted by Gasteiger charge is -2.19. The first kappa shape index (κ1) is 12.0. The second kappa shape index (κ2) is 4.88. The molecule has 1 aromatic heterocycles. The van der Waals surface area contributed by atoms with Crippen LogP contribution >= 0.6 is 0 Å². The van der Waals surface area contributed by atoms with Crippen LogP contribution in [0.3, 0.4) is 0 Å². The van der Waals surface area contributed by atoms with Gasteiger partial charge in [-0.05, 0) is 41.6 Å². The molecule has 0 spiro atoms. The van der Waals surface area contributed by atoms with Crippen LogP contribution in [0.15, 0.2) is 60.8 Å². The number of benzene rings is 2. The Morgan fingerprint density at radius 3 is 2.68 bits per heavy atom. The number of hydrogen-bond donors (Lipinski definition) is 0. The van der Waals surface area contributed by atoms with Gasteiger partial charge in [0.25, 0.3) is 0 Å². The fourth-order valence-electron chi connectivity index (χ4n) is 2.68. The number of aromatic nitrogens is 1. The minimum absolute atomic E-state index is 0.174. The lowest BCUT2D eigenvalue weighted by Crippen LogP contribution is -2.08. The zero-order chi connectivity index (χ0) is 13.2. The highest BCUT2D eigenvalue weighted by atomic mass is 19.1. The Morgan fingerprint density at radius 1 is 1.05 bits per heavy atom. The van der Waals surface area contributed by atoms with Crippen molar-refractivity contribution in [3.63, 3.8) is 0 Å². The lowest BCUT2D eigenvalue weighted by molar-refractivity contribution is 0.572. The van der Waals surface area contributed by atoms with Crippen molar-refractivity contribution in [2.45, 2.75) is 19.4 Å². The summed E-state index contributed by atoms with van der Waals surface area (Å²) in [4.78, 5) is 0. The van der Waals surface area contributed by atoms with E-state index < -0.39 is 0 Å². The molecule has 1 heterocycles. The van der Waals surface area contributed by atoms with Gasteiger partial charge in [0.2, 0.25) is 0 Å². The minimum Gasteiger partial charge on any atom is -0.340 e. The van der Waals surface area contributed by atoms with Crippen LogP contribution in [0.25, 0.3) is 10.9 Å². The molecule has 3 aromatic rings. The van der Waals surface area contributed by atoms with E-state index in [4.69, 9.17) is 0 Å². The standard InChI is InChI=1S/C17H16FN/c1-2-16(14-7-5-8-15(18)12-14)19-11-10-13-6-3-4-9-17(13)19/h3-12,16H,2H2,1H3. The smallest absolute Gasteiger partial charge is 0.123 e. The molecule has 0 bridgehead atoms. The zero-order valence-corrected chi connectivity index (χ0v) is 10.9. The molecule has 2 aromatic carbocycles. The fraction of sp³-hybridized carbons (Fsp3) is 0.176. The van der Waals surface area contributed by atoms with Gasteiger partial charge in [0.15, 0.2) is 0 Å². The Labute approximate surface area is 112 Å². The van der Waals surface area contributed by atoms with E-state index in [1.807, 2.05) is 18.2 Å². The van der Waals surface area contributed by atoms with E-state index in [0.717, 1.165) is 12.0 Å². The maximum absolute atomic E-state index is 13.4. The maximum atomic E-state index is 13.4. The second-order valence-corrected chi connectivity index (χ2v) is 4.76. The number of para-hydroxylation sites is 1. The van der Waals surface area contributed by atoms with Crippen LogP contribution in [-0.2, 0) is 0 Å². The summed E-state index contributed by atoms with van der Waals surface area (Å²) in [6.07, 6.45) is 3.02.